The summed E-state index contributed by atoms with van der Waals surface area (Å²) in [6, 6.07) is 14.8. The van der Waals surface area contributed by atoms with E-state index >= 15 is 0 Å². The van der Waals surface area contributed by atoms with Crippen LogP contribution in [-0.2, 0) is 13.1 Å². The third-order valence-corrected chi connectivity index (χ3v) is 3.33. The van der Waals surface area contributed by atoms with Crippen molar-refractivity contribution in [1.29, 1.82) is 0 Å². The molecule has 0 aliphatic rings. The number of rotatable bonds is 7. The van der Waals surface area contributed by atoms with Gasteiger partial charge in [-0.05, 0) is 25.1 Å². The van der Waals surface area contributed by atoms with Crippen LogP contribution in [-0.4, -0.2) is 23.0 Å². The molecule has 0 unspecified atom stereocenters. The third-order valence-electron chi connectivity index (χ3n) is 3.33. The summed E-state index contributed by atoms with van der Waals surface area (Å²) in [7, 11) is 0. The first kappa shape index (κ1) is 14.5. The Balaban J connectivity index is 2.06. The van der Waals surface area contributed by atoms with E-state index in [0.717, 1.165) is 32.0 Å². The first-order valence-electron chi connectivity index (χ1n) is 7.27. The SMILES string of the molecule is CCNc1ncccc1CN(CC)Cc1ccccc1. The lowest BCUT2D eigenvalue weighted by Gasteiger charge is -2.22. The van der Waals surface area contributed by atoms with E-state index in [-0.39, 0.29) is 0 Å². The molecular weight excluding hydrogens is 246 g/mol. The fraction of sp³-hybridized carbons (Fsp3) is 0.353. The van der Waals surface area contributed by atoms with Gasteiger partial charge in [0.05, 0.1) is 0 Å². The number of hydrogen-bond acceptors (Lipinski definition) is 3. The second-order valence-corrected chi connectivity index (χ2v) is 4.83. The van der Waals surface area contributed by atoms with Crippen LogP contribution in [0.1, 0.15) is 25.0 Å². The fourth-order valence-corrected chi connectivity index (χ4v) is 2.25. The normalized spacial score (nSPS) is 10.8. The van der Waals surface area contributed by atoms with Gasteiger partial charge in [0, 0.05) is 31.4 Å². The summed E-state index contributed by atoms with van der Waals surface area (Å²) in [6.07, 6.45) is 1.84. The van der Waals surface area contributed by atoms with Gasteiger partial charge in [0.1, 0.15) is 5.82 Å². The Morgan fingerprint density at radius 1 is 1.00 bits per heavy atom. The molecule has 0 spiro atoms. The van der Waals surface area contributed by atoms with Crippen molar-refractivity contribution in [2.45, 2.75) is 26.9 Å². The molecule has 1 aromatic carbocycles. The zero-order valence-corrected chi connectivity index (χ0v) is 12.3. The van der Waals surface area contributed by atoms with Gasteiger partial charge in [-0.2, -0.15) is 0 Å². The van der Waals surface area contributed by atoms with Crippen LogP contribution in [0.3, 0.4) is 0 Å². The summed E-state index contributed by atoms with van der Waals surface area (Å²) in [4.78, 5) is 6.85. The summed E-state index contributed by atoms with van der Waals surface area (Å²) in [5, 5.41) is 3.33. The predicted molar refractivity (Wildman–Crippen MR) is 84.6 cm³/mol. The molecule has 0 aliphatic carbocycles. The highest BCUT2D eigenvalue weighted by atomic mass is 15.1. The monoisotopic (exact) mass is 269 g/mol. The molecule has 0 aliphatic heterocycles. The molecule has 0 fully saturated rings. The Kier molecular flexibility index (Phi) is 5.56. The topological polar surface area (TPSA) is 28.2 Å². The predicted octanol–water partition coefficient (Wildman–Crippen LogP) is 3.54. The van der Waals surface area contributed by atoms with Crippen molar-refractivity contribution in [3.63, 3.8) is 0 Å². The lowest BCUT2D eigenvalue weighted by atomic mass is 10.2. The lowest BCUT2D eigenvalue weighted by molar-refractivity contribution is 0.271. The molecule has 3 nitrogen and oxygen atoms in total. The molecule has 1 aromatic heterocycles. The summed E-state index contributed by atoms with van der Waals surface area (Å²) >= 11 is 0. The molecule has 106 valence electrons. The molecule has 1 heterocycles. The van der Waals surface area contributed by atoms with Crippen molar-refractivity contribution in [1.82, 2.24) is 9.88 Å². The highest BCUT2D eigenvalue weighted by molar-refractivity contribution is 5.43. The van der Waals surface area contributed by atoms with Crippen LogP contribution in [0.5, 0.6) is 0 Å². The Morgan fingerprint density at radius 2 is 1.80 bits per heavy atom. The number of nitrogens with zero attached hydrogens (tertiary/aromatic N) is 2. The number of aromatic nitrogens is 1. The largest absolute Gasteiger partial charge is 0.370 e. The number of anilines is 1. The van der Waals surface area contributed by atoms with E-state index in [1.807, 2.05) is 12.3 Å². The fourth-order valence-electron chi connectivity index (χ4n) is 2.25. The van der Waals surface area contributed by atoms with Gasteiger partial charge in [0.25, 0.3) is 0 Å². The van der Waals surface area contributed by atoms with E-state index in [0.29, 0.717) is 0 Å². The summed E-state index contributed by atoms with van der Waals surface area (Å²) in [6.45, 7) is 8.11. The minimum Gasteiger partial charge on any atom is -0.370 e. The van der Waals surface area contributed by atoms with Crippen molar-refractivity contribution < 1.29 is 0 Å². The number of pyridine rings is 1. The first-order valence-corrected chi connectivity index (χ1v) is 7.27. The molecule has 3 heteroatoms. The van der Waals surface area contributed by atoms with E-state index in [9.17, 15) is 0 Å². The van der Waals surface area contributed by atoms with E-state index in [2.05, 4.69) is 65.4 Å². The average molecular weight is 269 g/mol. The quantitative estimate of drug-likeness (QED) is 0.833. The highest BCUT2D eigenvalue weighted by Gasteiger charge is 2.08. The Bertz CT molecular complexity index is 511. The molecule has 0 radical (unpaired) electrons. The van der Waals surface area contributed by atoms with Gasteiger partial charge in [-0.15, -0.1) is 0 Å². The van der Waals surface area contributed by atoms with Gasteiger partial charge in [0.2, 0.25) is 0 Å². The first-order chi connectivity index (χ1) is 9.83. The Morgan fingerprint density at radius 3 is 2.50 bits per heavy atom. The van der Waals surface area contributed by atoms with Crippen LogP contribution >= 0.6 is 0 Å². The van der Waals surface area contributed by atoms with Gasteiger partial charge in [0.15, 0.2) is 0 Å². The van der Waals surface area contributed by atoms with Crippen LogP contribution in [0, 0.1) is 0 Å². The highest BCUT2D eigenvalue weighted by Crippen LogP contribution is 2.15. The second kappa shape index (κ2) is 7.65. The van der Waals surface area contributed by atoms with E-state index < -0.39 is 0 Å². The maximum atomic E-state index is 4.43. The van der Waals surface area contributed by atoms with Crippen LogP contribution in [0.15, 0.2) is 48.7 Å². The molecule has 1 N–H and O–H groups in total. The molecule has 0 atom stereocenters. The molecule has 2 aromatic rings. The molecule has 2 rings (SSSR count). The van der Waals surface area contributed by atoms with Gasteiger partial charge in [-0.1, -0.05) is 43.3 Å². The number of benzene rings is 1. The number of nitrogens with one attached hydrogen (secondary N) is 1. The van der Waals surface area contributed by atoms with Gasteiger partial charge < -0.3 is 5.32 Å². The van der Waals surface area contributed by atoms with Crippen molar-refractivity contribution in [3.05, 3.63) is 59.8 Å². The van der Waals surface area contributed by atoms with Crippen LogP contribution < -0.4 is 5.32 Å². The molecular formula is C17H23N3. The van der Waals surface area contributed by atoms with Crippen molar-refractivity contribution in [3.8, 4) is 0 Å². The van der Waals surface area contributed by atoms with Crippen LogP contribution in [0.2, 0.25) is 0 Å². The molecule has 0 bridgehead atoms. The molecule has 20 heavy (non-hydrogen) atoms. The standard InChI is InChI=1S/C17H23N3/c1-3-18-17-16(11-8-12-19-17)14-20(4-2)13-15-9-6-5-7-10-15/h5-12H,3-4,13-14H2,1-2H3,(H,18,19). The number of hydrogen-bond donors (Lipinski definition) is 1. The van der Waals surface area contributed by atoms with Crippen molar-refractivity contribution >= 4 is 5.82 Å². The van der Waals surface area contributed by atoms with E-state index in [1.165, 1.54) is 11.1 Å². The van der Waals surface area contributed by atoms with Crippen molar-refractivity contribution in [2.75, 3.05) is 18.4 Å². The second-order valence-electron chi connectivity index (χ2n) is 4.83. The summed E-state index contributed by atoms with van der Waals surface area (Å²) < 4.78 is 0. The minimum atomic E-state index is 0.898. The Hall–Kier alpha value is -1.87. The summed E-state index contributed by atoms with van der Waals surface area (Å²) in [5.74, 6) is 1.00. The zero-order chi connectivity index (χ0) is 14.2. The van der Waals surface area contributed by atoms with E-state index in [4.69, 9.17) is 0 Å². The summed E-state index contributed by atoms with van der Waals surface area (Å²) in [5.41, 5.74) is 2.61. The Labute approximate surface area is 121 Å². The molecule has 0 amide bonds. The maximum absolute atomic E-state index is 4.43. The zero-order valence-electron chi connectivity index (χ0n) is 12.3. The third kappa shape index (κ3) is 4.07. The van der Waals surface area contributed by atoms with E-state index in [1.54, 1.807) is 0 Å². The average Bonchev–Trinajstić information content (AvgIpc) is 2.50. The van der Waals surface area contributed by atoms with Crippen LogP contribution in [0.25, 0.3) is 0 Å². The smallest absolute Gasteiger partial charge is 0.130 e. The molecule has 0 saturated heterocycles. The van der Waals surface area contributed by atoms with Crippen LogP contribution in [0.4, 0.5) is 5.82 Å². The van der Waals surface area contributed by atoms with Gasteiger partial charge in [-0.3, -0.25) is 4.90 Å². The van der Waals surface area contributed by atoms with Crippen molar-refractivity contribution in [2.24, 2.45) is 0 Å². The minimum absolute atomic E-state index is 0.898. The molecule has 0 saturated carbocycles. The lowest BCUT2D eigenvalue weighted by Crippen LogP contribution is -2.23. The van der Waals surface area contributed by atoms with Gasteiger partial charge in [-0.25, -0.2) is 4.98 Å². The van der Waals surface area contributed by atoms with Gasteiger partial charge >= 0.3 is 0 Å². The maximum Gasteiger partial charge on any atom is 0.130 e.